The van der Waals surface area contributed by atoms with Gasteiger partial charge in [0.2, 0.25) is 0 Å². The fourth-order valence-corrected chi connectivity index (χ4v) is 2.25. The second-order valence-electron chi connectivity index (χ2n) is 4.95. The lowest BCUT2D eigenvalue weighted by Crippen LogP contribution is -2.40. The van der Waals surface area contributed by atoms with E-state index in [0.29, 0.717) is 0 Å². The monoisotopic (exact) mass is 267 g/mol. The molecule has 0 radical (unpaired) electrons. The lowest BCUT2D eigenvalue weighted by atomic mass is 9.99. The van der Waals surface area contributed by atoms with E-state index in [-0.39, 0.29) is 11.9 Å². The van der Waals surface area contributed by atoms with E-state index < -0.39 is 0 Å². The molecule has 1 rings (SSSR count). The minimum atomic E-state index is -0.180. The molecule has 1 aromatic carbocycles. The Balaban J connectivity index is 2.58. The van der Waals surface area contributed by atoms with Crippen molar-refractivity contribution >= 4 is 0 Å². The Hall–Kier alpha value is -0.970. The molecular weight excluding hydrogens is 241 g/mol. The van der Waals surface area contributed by atoms with Crippen LogP contribution in [0.25, 0.3) is 0 Å². The predicted octanol–water partition coefficient (Wildman–Crippen LogP) is 2.24. The molecule has 108 valence electrons. The number of nitrogens with zero attached hydrogens (tertiary/aromatic N) is 1. The van der Waals surface area contributed by atoms with Gasteiger partial charge in [-0.3, -0.25) is 11.3 Å². The van der Waals surface area contributed by atoms with Crippen molar-refractivity contribution in [2.75, 3.05) is 19.6 Å². The number of aryl methyl sites for hydroxylation is 1. The van der Waals surface area contributed by atoms with Gasteiger partial charge in [-0.1, -0.05) is 19.9 Å². The van der Waals surface area contributed by atoms with Gasteiger partial charge >= 0.3 is 0 Å². The first-order valence-electron chi connectivity index (χ1n) is 7.04. The predicted molar refractivity (Wildman–Crippen MR) is 78.4 cm³/mol. The summed E-state index contributed by atoms with van der Waals surface area (Å²) in [5.74, 6) is 5.44. The van der Waals surface area contributed by atoms with Crippen LogP contribution < -0.4 is 11.3 Å². The molecule has 0 amide bonds. The van der Waals surface area contributed by atoms with Crippen LogP contribution in [-0.2, 0) is 6.42 Å². The number of halogens is 1. The molecule has 0 aliphatic carbocycles. The summed E-state index contributed by atoms with van der Waals surface area (Å²) < 4.78 is 13.3. The molecule has 0 spiro atoms. The molecule has 4 heteroatoms. The Morgan fingerprint density at radius 2 is 2.00 bits per heavy atom. The highest BCUT2D eigenvalue weighted by Crippen LogP contribution is 2.13. The highest BCUT2D eigenvalue weighted by atomic mass is 19.1. The van der Waals surface area contributed by atoms with Crippen molar-refractivity contribution in [3.05, 3.63) is 35.1 Å². The quantitative estimate of drug-likeness (QED) is 0.560. The van der Waals surface area contributed by atoms with Gasteiger partial charge in [-0.25, -0.2) is 4.39 Å². The number of nitrogens with one attached hydrogen (secondary N) is 1. The fourth-order valence-electron chi connectivity index (χ4n) is 2.25. The van der Waals surface area contributed by atoms with Gasteiger partial charge in [0.15, 0.2) is 0 Å². The van der Waals surface area contributed by atoms with Crippen LogP contribution in [0.5, 0.6) is 0 Å². The summed E-state index contributed by atoms with van der Waals surface area (Å²) in [5.41, 5.74) is 5.00. The Morgan fingerprint density at radius 3 is 2.58 bits per heavy atom. The normalized spacial score (nSPS) is 12.9. The van der Waals surface area contributed by atoms with E-state index in [1.54, 1.807) is 6.07 Å². The number of benzene rings is 1. The third kappa shape index (κ3) is 5.27. The summed E-state index contributed by atoms with van der Waals surface area (Å²) >= 11 is 0. The van der Waals surface area contributed by atoms with E-state index in [0.717, 1.165) is 43.6 Å². The Labute approximate surface area is 116 Å². The van der Waals surface area contributed by atoms with E-state index in [4.69, 9.17) is 5.84 Å². The van der Waals surface area contributed by atoms with E-state index in [9.17, 15) is 4.39 Å². The standard InChI is InChI=1S/C15H26FN3/c1-4-19(5-2)9-8-15(18-17)11-13-10-14(16)7-6-12(13)3/h6-7,10,15,18H,4-5,8-9,11,17H2,1-3H3. The Morgan fingerprint density at radius 1 is 1.32 bits per heavy atom. The van der Waals surface area contributed by atoms with Crippen LogP contribution in [0.4, 0.5) is 4.39 Å². The molecule has 0 aliphatic heterocycles. The molecule has 0 saturated carbocycles. The topological polar surface area (TPSA) is 41.3 Å². The Bertz CT molecular complexity index is 378. The zero-order valence-corrected chi connectivity index (χ0v) is 12.2. The molecule has 0 fully saturated rings. The summed E-state index contributed by atoms with van der Waals surface area (Å²) in [6.07, 6.45) is 1.73. The molecule has 1 atom stereocenters. The molecule has 1 aromatic rings. The van der Waals surface area contributed by atoms with Crippen LogP contribution in [0.15, 0.2) is 18.2 Å². The minimum absolute atomic E-state index is 0.180. The molecule has 19 heavy (non-hydrogen) atoms. The third-order valence-electron chi connectivity index (χ3n) is 3.70. The van der Waals surface area contributed by atoms with Gasteiger partial charge in [0.1, 0.15) is 5.82 Å². The second kappa shape index (κ2) is 8.25. The van der Waals surface area contributed by atoms with Gasteiger partial charge in [0.25, 0.3) is 0 Å². The third-order valence-corrected chi connectivity index (χ3v) is 3.70. The number of nitrogens with two attached hydrogens (primary N) is 1. The molecule has 0 heterocycles. The van der Waals surface area contributed by atoms with Crippen LogP contribution in [0.2, 0.25) is 0 Å². The van der Waals surface area contributed by atoms with Crippen molar-refractivity contribution in [1.29, 1.82) is 0 Å². The van der Waals surface area contributed by atoms with Crippen LogP contribution >= 0.6 is 0 Å². The van der Waals surface area contributed by atoms with Crippen molar-refractivity contribution in [3.63, 3.8) is 0 Å². The molecule has 1 unspecified atom stereocenters. The maximum absolute atomic E-state index is 13.3. The second-order valence-corrected chi connectivity index (χ2v) is 4.95. The fraction of sp³-hybridized carbons (Fsp3) is 0.600. The number of rotatable bonds is 8. The summed E-state index contributed by atoms with van der Waals surface area (Å²) in [6.45, 7) is 9.43. The van der Waals surface area contributed by atoms with Crippen molar-refractivity contribution in [2.45, 2.75) is 39.7 Å². The maximum Gasteiger partial charge on any atom is 0.123 e. The summed E-state index contributed by atoms with van der Waals surface area (Å²) in [4.78, 5) is 2.36. The van der Waals surface area contributed by atoms with E-state index in [1.807, 2.05) is 13.0 Å². The number of hydrogen-bond acceptors (Lipinski definition) is 3. The van der Waals surface area contributed by atoms with Crippen LogP contribution in [0.3, 0.4) is 0 Å². The largest absolute Gasteiger partial charge is 0.304 e. The first-order chi connectivity index (χ1) is 9.10. The minimum Gasteiger partial charge on any atom is -0.304 e. The molecule has 0 bridgehead atoms. The van der Waals surface area contributed by atoms with Gasteiger partial charge in [0.05, 0.1) is 0 Å². The van der Waals surface area contributed by atoms with Crippen LogP contribution in [0.1, 0.15) is 31.4 Å². The van der Waals surface area contributed by atoms with Crippen LogP contribution in [-0.4, -0.2) is 30.6 Å². The highest BCUT2D eigenvalue weighted by molar-refractivity contribution is 5.27. The molecule has 0 saturated heterocycles. The molecular formula is C15H26FN3. The van der Waals surface area contributed by atoms with Gasteiger partial charge in [-0.2, -0.15) is 0 Å². The van der Waals surface area contributed by atoms with E-state index in [1.165, 1.54) is 6.07 Å². The van der Waals surface area contributed by atoms with E-state index >= 15 is 0 Å². The number of hydrazine groups is 1. The van der Waals surface area contributed by atoms with Gasteiger partial charge in [-0.05, 0) is 62.7 Å². The first kappa shape index (κ1) is 16.1. The molecule has 3 nitrogen and oxygen atoms in total. The van der Waals surface area contributed by atoms with Crippen molar-refractivity contribution in [3.8, 4) is 0 Å². The van der Waals surface area contributed by atoms with Gasteiger partial charge < -0.3 is 4.90 Å². The average molecular weight is 267 g/mol. The van der Waals surface area contributed by atoms with Crippen molar-refractivity contribution < 1.29 is 4.39 Å². The van der Waals surface area contributed by atoms with Crippen molar-refractivity contribution in [1.82, 2.24) is 10.3 Å². The average Bonchev–Trinajstić information content (AvgIpc) is 2.42. The van der Waals surface area contributed by atoms with Crippen molar-refractivity contribution in [2.24, 2.45) is 5.84 Å². The Kier molecular flexibility index (Phi) is 6.99. The summed E-state index contributed by atoms with van der Waals surface area (Å²) in [5, 5.41) is 0. The van der Waals surface area contributed by atoms with E-state index in [2.05, 4.69) is 24.2 Å². The summed E-state index contributed by atoms with van der Waals surface area (Å²) in [7, 11) is 0. The highest BCUT2D eigenvalue weighted by Gasteiger charge is 2.11. The molecule has 0 aromatic heterocycles. The molecule has 0 aliphatic rings. The summed E-state index contributed by atoms with van der Waals surface area (Å²) in [6, 6.07) is 5.11. The lowest BCUT2D eigenvalue weighted by Gasteiger charge is -2.22. The number of hydrogen-bond donors (Lipinski definition) is 2. The lowest BCUT2D eigenvalue weighted by molar-refractivity contribution is 0.280. The maximum atomic E-state index is 13.3. The zero-order valence-electron chi connectivity index (χ0n) is 12.2. The van der Waals surface area contributed by atoms with Gasteiger partial charge in [0, 0.05) is 6.04 Å². The zero-order chi connectivity index (χ0) is 14.3. The van der Waals surface area contributed by atoms with Gasteiger partial charge in [-0.15, -0.1) is 0 Å². The first-order valence-corrected chi connectivity index (χ1v) is 7.04. The molecule has 3 N–H and O–H groups in total. The smallest absolute Gasteiger partial charge is 0.123 e. The van der Waals surface area contributed by atoms with Crippen LogP contribution in [0, 0.1) is 12.7 Å². The SMILES string of the molecule is CCN(CC)CCC(Cc1cc(F)ccc1C)NN.